The zero-order valence-corrected chi connectivity index (χ0v) is 13.8. The highest BCUT2D eigenvalue weighted by molar-refractivity contribution is 4.98. The van der Waals surface area contributed by atoms with Crippen molar-refractivity contribution in [3.63, 3.8) is 0 Å². The molecule has 0 heteroatoms. The second-order valence-electron chi connectivity index (χ2n) is 6.22. The van der Waals surface area contributed by atoms with Gasteiger partial charge in [0.1, 0.15) is 0 Å². The van der Waals surface area contributed by atoms with Crippen LogP contribution in [0.1, 0.15) is 104 Å². The summed E-state index contributed by atoms with van der Waals surface area (Å²) in [6.45, 7) is 6.88. The predicted octanol–water partition coefficient (Wildman–Crippen LogP) is 6.74. The fourth-order valence-corrected chi connectivity index (χ4v) is 2.27. The summed E-state index contributed by atoms with van der Waals surface area (Å²) in [5, 5.41) is 0. The van der Waals surface area contributed by atoms with Gasteiger partial charge >= 0.3 is 0 Å². The maximum atomic E-state index is 3.30. The Morgan fingerprint density at radius 3 is 1.63 bits per heavy atom. The van der Waals surface area contributed by atoms with Gasteiger partial charge in [0.2, 0.25) is 0 Å². The van der Waals surface area contributed by atoms with Crippen LogP contribution in [-0.2, 0) is 0 Å². The molecule has 0 bridgehead atoms. The first-order valence-corrected chi connectivity index (χ1v) is 8.73. The third kappa shape index (κ3) is 17.6. The zero-order valence-electron chi connectivity index (χ0n) is 13.8. The monoisotopic (exact) mass is 264 g/mol. The number of hydrogen-bond acceptors (Lipinski definition) is 0. The minimum Gasteiger partial charge on any atom is -0.103 e. The number of rotatable bonds is 12. The first kappa shape index (κ1) is 18.6. The zero-order chi connectivity index (χ0) is 14.2. The van der Waals surface area contributed by atoms with E-state index in [1.807, 2.05) is 0 Å². The summed E-state index contributed by atoms with van der Waals surface area (Å²) in [5.41, 5.74) is 0. The van der Waals surface area contributed by atoms with Crippen LogP contribution in [0, 0.1) is 17.8 Å². The van der Waals surface area contributed by atoms with Crippen LogP contribution >= 0.6 is 0 Å². The van der Waals surface area contributed by atoms with Crippen LogP contribution in [0.5, 0.6) is 0 Å². The molecule has 0 unspecified atom stereocenters. The summed E-state index contributed by atoms with van der Waals surface area (Å²) in [6.07, 6.45) is 17.5. The van der Waals surface area contributed by atoms with Crippen LogP contribution in [0.2, 0.25) is 0 Å². The van der Waals surface area contributed by atoms with Gasteiger partial charge in [-0.3, -0.25) is 0 Å². The predicted molar refractivity (Wildman–Crippen MR) is 88.3 cm³/mol. The van der Waals surface area contributed by atoms with E-state index in [0.29, 0.717) is 0 Å². The Morgan fingerprint density at radius 1 is 0.632 bits per heavy atom. The minimum atomic E-state index is 0.887. The lowest BCUT2D eigenvalue weighted by molar-refractivity contribution is 0.508. The van der Waals surface area contributed by atoms with Gasteiger partial charge in [-0.1, -0.05) is 78.6 Å². The topological polar surface area (TPSA) is 0 Å². The van der Waals surface area contributed by atoms with Crippen molar-refractivity contribution in [1.29, 1.82) is 0 Å². The van der Waals surface area contributed by atoms with Gasteiger partial charge in [0.25, 0.3) is 0 Å². The van der Waals surface area contributed by atoms with Gasteiger partial charge in [0, 0.05) is 12.8 Å². The van der Waals surface area contributed by atoms with E-state index < -0.39 is 0 Å². The molecule has 0 aromatic rings. The van der Waals surface area contributed by atoms with Gasteiger partial charge in [0.15, 0.2) is 0 Å². The van der Waals surface area contributed by atoms with Gasteiger partial charge in [-0.05, 0) is 18.8 Å². The minimum absolute atomic E-state index is 0.887. The van der Waals surface area contributed by atoms with Gasteiger partial charge in [-0.2, -0.15) is 0 Å². The fourth-order valence-electron chi connectivity index (χ4n) is 2.27. The van der Waals surface area contributed by atoms with Crippen molar-refractivity contribution < 1.29 is 0 Å². The molecule has 0 aliphatic carbocycles. The summed E-state index contributed by atoms with van der Waals surface area (Å²) in [5.74, 6) is 7.46. The molecule has 0 N–H and O–H groups in total. The van der Waals surface area contributed by atoms with Crippen molar-refractivity contribution in [2.45, 2.75) is 104 Å². The average molecular weight is 264 g/mol. The molecule has 0 aromatic heterocycles. The Labute approximate surface area is 122 Å². The Hall–Kier alpha value is -0.440. The molecule has 0 radical (unpaired) electrons. The fraction of sp³-hybridized carbons (Fsp3) is 0.895. The van der Waals surface area contributed by atoms with Crippen LogP contribution in [0.4, 0.5) is 0 Å². The molecule has 0 saturated heterocycles. The van der Waals surface area contributed by atoms with E-state index in [1.54, 1.807) is 0 Å². The molecule has 0 aliphatic heterocycles. The third-order valence-electron chi connectivity index (χ3n) is 3.61. The van der Waals surface area contributed by atoms with Gasteiger partial charge in [-0.25, -0.2) is 0 Å². The third-order valence-corrected chi connectivity index (χ3v) is 3.61. The number of hydrogen-bond donors (Lipinski definition) is 0. The van der Waals surface area contributed by atoms with E-state index in [4.69, 9.17) is 0 Å². The molecular weight excluding hydrogens is 228 g/mol. The van der Waals surface area contributed by atoms with Crippen molar-refractivity contribution in [1.82, 2.24) is 0 Å². The van der Waals surface area contributed by atoms with Gasteiger partial charge in [0.05, 0.1) is 0 Å². The molecule has 112 valence electrons. The van der Waals surface area contributed by atoms with E-state index >= 15 is 0 Å². The molecule has 0 spiro atoms. The van der Waals surface area contributed by atoms with E-state index in [2.05, 4.69) is 32.6 Å². The van der Waals surface area contributed by atoms with Crippen molar-refractivity contribution in [2.24, 2.45) is 5.92 Å². The SMILES string of the molecule is CCCCC#CCCCCCCCCCCC(C)C. The standard InChI is InChI=1S/C19H36/c1-4-5-6-7-8-9-10-11-12-13-14-15-16-17-18-19(2)3/h19H,4-6,9-18H2,1-3H3. The molecule has 19 heavy (non-hydrogen) atoms. The highest BCUT2D eigenvalue weighted by atomic mass is 14.0. The van der Waals surface area contributed by atoms with Crippen LogP contribution in [-0.4, -0.2) is 0 Å². The number of unbranched alkanes of at least 4 members (excludes halogenated alkanes) is 10. The van der Waals surface area contributed by atoms with Gasteiger partial charge < -0.3 is 0 Å². The lowest BCUT2D eigenvalue weighted by Crippen LogP contribution is -1.87. The largest absolute Gasteiger partial charge is 0.103 e. The Kier molecular flexibility index (Phi) is 15.3. The summed E-state index contributed by atoms with van der Waals surface area (Å²) in [7, 11) is 0. The molecule has 0 saturated carbocycles. The normalized spacial score (nSPS) is 10.5. The lowest BCUT2D eigenvalue weighted by atomic mass is 10.0. The second kappa shape index (κ2) is 15.6. The Bertz CT molecular complexity index is 216. The van der Waals surface area contributed by atoms with Crippen molar-refractivity contribution >= 4 is 0 Å². The average Bonchev–Trinajstić information content (AvgIpc) is 2.39. The highest BCUT2D eigenvalue weighted by Gasteiger charge is 1.94. The molecule has 0 rings (SSSR count). The lowest BCUT2D eigenvalue weighted by Gasteiger charge is -2.04. The summed E-state index contributed by atoms with van der Waals surface area (Å²) >= 11 is 0. The first-order valence-electron chi connectivity index (χ1n) is 8.73. The van der Waals surface area contributed by atoms with Crippen LogP contribution in [0.25, 0.3) is 0 Å². The molecule has 0 aromatic carbocycles. The van der Waals surface area contributed by atoms with E-state index in [1.165, 1.54) is 70.6 Å². The molecule has 0 fully saturated rings. The smallest absolute Gasteiger partial charge is 0.00886 e. The molecule has 0 heterocycles. The van der Waals surface area contributed by atoms with E-state index in [9.17, 15) is 0 Å². The van der Waals surface area contributed by atoms with Crippen molar-refractivity contribution in [3.8, 4) is 11.8 Å². The summed E-state index contributed by atoms with van der Waals surface area (Å²) < 4.78 is 0. The van der Waals surface area contributed by atoms with Crippen molar-refractivity contribution in [2.75, 3.05) is 0 Å². The summed E-state index contributed by atoms with van der Waals surface area (Å²) in [4.78, 5) is 0. The highest BCUT2D eigenvalue weighted by Crippen LogP contribution is 2.12. The quantitative estimate of drug-likeness (QED) is 0.270. The van der Waals surface area contributed by atoms with Gasteiger partial charge in [-0.15, -0.1) is 11.8 Å². The molecule has 0 atom stereocenters. The Morgan fingerprint density at radius 2 is 1.11 bits per heavy atom. The summed E-state index contributed by atoms with van der Waals surface area (Å²) in [6, 6.07) is 0. The van der Waals surface area contributed by atoms with E-state index in [-0.39, 0.29) is 0 Å². The maximum absolute atomic E-state index is 3.30. The second-order valence-corrected chi connectivity index (χ2v) is 6.22. The molecule has 0 amide bonds. The van der Waals surface area contributed by atoms with Crippen LogP contribution < -0.4 is 0 Å². The molecule has 0 nitrogen and oxygen atoms in total. The van der Waals surface area contributed by atoms with Crippen LogP contribution in [0.15, 0.2) is 0 Å². The van der Waals surface area contributed by atoms with Crippen molar-refractivity contribution in [3.05, 3.63) is 0 Å². The molecule has 0 aliphatic rings. The Balaban J connectivity index is 3.04. The van der Waals surface area contributed by atoms with Crippen LogP contribution in [0.3, 0.4) is 0 Å². The maximum Gasteiger partial charge on any atom is 0.00886 e. The molecular formula is C19H36. The van der Waals surface area contributed by atoms with E-state index in [0.717, 1.165) is 18.8 Å². The first-order chi connectivity index (χ1) is 9.27.